The van der Waals surface area contributed by atoms with E-state index in [0.717, 1.165) is 28.1 Å². The van der Waals surface area contributed by atoms with Crippen LogP contribution in [0, 0.1) is 36.5 Å². The molecule has 2 aromatic carbocycles. The summed E-state index contributed by atoms with van der Waals surface area (Å²) in [5.74, 6) is -1.13. The van der Waals surface area contributed by atoms with Crippen LogP contribution in [-0.2, 0) is 6.54 Å². The van der Waals surface area contributed by atoms with Gasteiger partial charge in [-0.1, -0.05) is 23.7 Å². The first kappa shape index (κ1) is 19.2. The Morgan fingerprint density at radius 2 is 1.86 bits per heavy atom. The highest BCUT2D eigenvalue weighted by molar-refractivity contribution is 6.32. The zero-order valence-electron chi connectivity index (χ0n) is 15.2. The van der Waals surface area contributed by atoms with Gasteiger partial charge in [0.25, 0.3) is 0 Å². The number of aromatic nitrogens is 2. The molecule has 1 heterocycles. The zero-order chi connectivity index (χ0) is 20.4. The van der Waals surface area contributed by atoms with Crippen LogP contribution in [0.3, 0.4) is 0 Å². The maximum atomic E-state index is 11.2. The van der Waals surface area contributed by atoms with Crippen LogP contribution in [0.5, 0.6) is 0 Å². The maximum Gasteiger partial charge on any atom is 0.337 e. The van der Waals surface area contributed by atoms with Crippen molar-refractivity contribution in [3.63, 3.8) is 0 Å². The molecule has 0 aliphatic heterocycles. The summed E-state index contributed by atoms with van der Waals surface area (Å²) < 4.78 is 1.80. The summed E-state index contributed by atoms with van der Waals surface area (Å²) in [6.07, 6.45) is 0. The Morgan fingerprint density at radius 3 is 2.46 bits per heavy atom. The molecule has 0 bridgehead atoms. The quantitative estimate of drug-likeness (QED) is 0.714. The number of hydrogen-bond acceptors (Lipinski definition) is 4. The molecule has 0 saturated heterocycles. The lowest BCUT2D eigenvalue weighted by Gasteiger charge is -2.08. The number of nitriles is 2. The molecular formula is C21H15ClN4O2. The molecule has 138 valence electrons. The van der Waals surface area contributed by atoms with Gasteiger partial charge in [0.05, 0.1) is 34.0 Å². The average molecular weight is 391 g/mol. The van der Waals surface area contributed by atoms with Gasteiger partial charge in [-0.2, -0.15) is 15.6 Å². The maximum absolute atomic E-state index is 11.2. The number of halogens is 1. The van der Waals surface area contributed by atoms with Gasteiger partial charge in [-0.3, -0.25) is 4.68 Å². The van der Waals surface area contributed by atoms with Crippen molar-refractivity contribution >= 4 is 17.6 Å². The van der Waals surface area contributed by atoms with Gasteiger partial charge in [0.15, 0.2) is 0 Å². The van der Waals surface area contributed by atoms with E-state index in [1.807, 2.05) is 32.1 Å². The molecule has 3 aromatic rings. The molecule has 0 fully saturated rings. The lowest BCUT2D eigenvalue weighted by Crippen LogP contribution is -2.06. The predicted octanol–water partition coefficient (Wildman–Crippen LogP) is 4.31. The SMILES string of the molecule is Cc1nn(Cc2ccc(C(=O)O)c(C#N)c2)c(C)c1-c1ccc(C#N)c(Cl)c1. The van der Waals surface area contributed by atoms with Gasteiger partial charge >= 0.3 is 5.97 Å². The van der Waals surface area contributed by atoms with Crippen LogP contribution in [0.15, 0.2) is 36.4 Å². The van der Waals surface area contributed by atoms with Crippen molar-refractivity contribution in [3.05, 3.63) is 75.1 Å². The Morgan fingerprint density at radius 1 is 1.14 bits per heavy atom. The minimum absolute atomic E-state index is 0.0208. The molecule has 0 aliphatic carbocycles. The van der Waals surface area contributed by atoms with Crippen LogP contribution in [-0.4, -0.2) is 20.9 Å². The summed E-state index contributed by atoms with van der Waals surface area (Å²) in [7, 11) is 0. The highest BCUT2D eigenvalue weighted by Gasteiger charge is 2.16. The van der Waals surface area contributed by atoms with Crippen LogP contribution in [0.25, 0.3) is 11.1 Å². The minimum Gasteiger partial charge on any atom is -0.478 e. The Hall–Kier alpha value is -3.61. The van der Waals surface area contributed by atoms with Crippen LogP contribution in [0.2, 0.25) is 5.02 Å². The van der Waals surface area contributed by atoms with Gasteiger partial charge in [0, 0.05) is 11.3 Å². The van der Waals surface area contributed by atoms with E-state index in [4.69, 9.17) is 22.0 Å². The molecule has 3 rings (SSSR count). The second kappa shape index (κ2) is 7.56. The van der Waals surface area contributed by atoms with Crippen molar-refractivity contribution in [2.45, 2.75) is 20.4 Å². The smallest absolute Gasteiger partial charge is 0.337 e. The van der Waals surface area contributed by atoms with Crippen LogP contribution < -0.4 is 0 Å². The van der Waals surface area contributed by atoms with E-state index in [1.165, 1.54) is 6.07 Å². The fraction of sp³-hybridized carbons (Fsp3) is 0.143. The van der Waals surface area contributed by atoms with Gasteiger partial charge in [-0.15, -0.1) is 0 Å². The van der Waals surface area contributed by atoms with Crippen molar-refractivity contribution in [2.24, 2.45) is 0 Å². The topological polar surface area (TPSA) is 103 Å². The van der Waals surface area contributed by atoms with E-state index in [-0.39, 0.29) is 11.1 Å². The molecule has 1 N–H and O–H groups in total. The Balaban J connectivity index is 1.99. The van der Waals surface area contributed by atoms with Gasteiger partial charge in [-0.05, 0) is 49.2 Å². The summed E-state index contributed by atoms with van der Waals surface area (Å²) >= 11 is 6.17. The van der Waals surface area contributed by atoms with Gasteiger partial charge in [0.1, 0.15) is 12.1 Å². The van der Waals surface area contributed by atoms with Crippen molar-refractivity contribution < 1.29 is 9.90 Å². The summed E-state index contributed by atoms with van der Waals surface area (Å²) in [6, 6.07) is 13.9. The van der Waals surface area contributed by atoms with Crippen LogP contribution in [0.1, 0.15) is 38.4 Å². The van der Waals surface area contributed by atoms with Crippen molar-refractivity contribution in [3.8, 4) is 23.3 Å². The predicted molar refractivity (Wildman–Crippen MR) is 104 cm³/mol. The summed E-state index contributed by atoms with van der Waals surface area (Å²) in [5, 5.41) is 32.4. The van der Waals surface area contributed by atoms with E-state index in [2.05, 4.69) is 5.10 Å². The number of carbonyl (C=O) groups is 1. The standard InChI is InChI=1S/C21H15ClN4O2/c1-12-20(15-4-5-16(9-23)19(22)8-15)13(2)26(25-12)11-14-3-6-18(21(27)28)17(7-14)10-24/h3-8H,11H2,1-2H3,(H,27,28). The Kier molecular flexibility index (Phi) is 5.17. The van der Waals surface area contributed by atoms with Crippen molar-refractivity contribution in [1.29, 1.82) is 10.5 Å². The molecule has 0 amide bonds. The van der Waals surface area contributed by atoms with E-state index in [9.17, 15) is 10.1 Å². The molecule has 0 unspecified atom stereocenters. The number of aromatic carboxylic acids is 1. The average Bonchev–Trinajstić information content (AvgIpc) is 2.94. The molecule has 7 heteroatoms. The first-order valence-electron chi connectivity index (χ1n) is 8.36. The molecule has 0 radical (unpaired) electrons. The highest BCUT2D eigenvalue weighted by Crippen LogP contribution is 2.30. The second-order valence-corrected chi connectivity index (χ2v) is 6.71. The van der Waals surface area contributed by atoms with Crippen LogP contribution >= 0.6 is 11.6 Å². The van der Waals surface area contributed by atoms with E-state index in [1.54, 1.807) is 28.9 Å². The van der Waals surface area contributed by atoms with E-state index >= 15 is 0 Å². The lowest BCUT2D eigenvalue weighted by atomic mass is 10.0. The second-order valence-electron chi connectivity index (χ2n) is 6.31. The molecular weight excluding hydrogens is 376 g/mol. The fourth-order valence-corrected chi connectivity index (χ4v) is 3.39. The largest absolute Gasteiger partial charge is 0.478 e. The first-order chi connectivity index (χ1) is 13.3. The molecule has 0 aliphatic rings. The number of rotatable bonds is 4. The Bertz CT molecular complexity index is 1180. The lowest BCUT2D eigenvalue weighted by molar-refractivity contribution is 0.0696. The third kappa shape index (κ3) is 3.46. The third-order valence-corrected chi connectivity index (χ3v) is 4.84. The summed E-state index contributed by atoms with van der Waals surface area (Å²) in [4.78, 5) is 11.2. The molecule has 28 heavy (non-hydrogen) atoms. The number of benzene rings is 2. The fourth-order valence-electron chi connectivity index (χ4n) is 3.17. The van der Waals surface area contributed by atoms with Crippen molar-refractivity contribution in [1.82, 2.24) is 9.78 Å². The van der Waals surface area contributed by atoms with Crippen molar-refractivity contribution in [2.75, 3.05) is 0 Å². The number of aryl methyl sites for hydroxylation is 1. The molecule has 6 nitrogen and oxygen atoms in total. The summed E-state index contributed by atoms with van der Waals surface area (Å²) in [5.41, 5.74) is 4.78. The van der Waals surface area contributed by atoms with Gasteiger partial charge in [0.2, 0.25) is 0 Å². The minimum atomic E-state index is -1.13. The zero-order valence-corrected chi connectivity index (χ0v) is 15.9. The molecule has 0 spiro atoms. The van der Waals surface area contributed by atoms with Gasteiger partial charge in [-0.25, -0.2) is 4.79 Å². The normalized spacial score (nSPS) is 10.3. The molecule has 0 atom stereocenters. The van der Waals surface area contributed by atoms with E-state index < -0.39 is 5.97 Å². The molecule has 1 aromatic heterocycles. The van der Waals surface area contributed by atoms with Crippen LogP contribution in [0.4, 0.5) is 0 Å². The highest BCUT2D eigenvalue weighted by atomic mass is 35.5. The Labute approximate surface area is 166 Å². The molecule has 0 saturated carbocycles. The monoisotopic (exact) mass is 390 g/mol. The number of carboxylic acid groups (broad SMARTS) is 1. The third-order valence-electron chi connectivity index (χ3n) is 4.53. The van der Waals surface area contributed by atoms with E-state index in [0.29, 0.717) is 17.1 Å². The number of hydrogen-bond donors (Lipinski definition) is 1. The summed E-state index contributed by atoms with van der Waals surface area (Å²) in [6.45, 7) is 4.21. The van der Waals surface area contributed by atoms with Gasteiger partial charge < -0.3 is 5.11 Å². The number of nitrogens with zero attached hydrogens (tertiary/aromatic N) is 4. The first-order valence-corrected chi connectivity index (χ1v) is 8.73. The number of carboxylic acids is 1.